The molecule has 4 N–H and O–H groups in total. The van der Waals surface area contributed by atoms with Crippen LogP contribution in [0.3, 0.4) is 0 Å². The van der Waals surface area contributed by atoms with Crippen molar-refractivity contribution in [3.63, 3.8) is 0 Å². The number of ether oxygens (including phenoxy) is 1. The number of amides is 1. The van der Waals surface area contributed by atoms with Crippen LogP contribution >= 0.6 is 0 Å². The molecule has 4 atom stereocenters. The zero-order valence-corrected chi connectivity index (χ0v) is 22.4. The molecule has 17 heteroatoms. The number of hydrogen-bond acceptors (Lipinski definition) is 7. The van der Waals surface area contributed by atoms with E-state index in [1.807, 2.05) is 0 Å². The van der Waals surface area contributed by atoms with Crippen LogP contribution in [-0.2, 0) is 19.8 Å². The topological polar surface area (TPSA) is 110 Å². The molecule has 2 saturated heterocycles. The Labute approximate surface area is 238 Å². The van der Waals surface area contributed by atoms with Gasteiger partial charge in [0.1, 0.15) is 17.1 Å². The van der Waals surface area contributed by atoms with Crippen molar-refractivity contribution in [2.45, 2.75) is 56.5 Å². The molecule has 2 bridgehead atoms. The summed E-state index contributed by atoms with van der Waals surface area (Å²) in [6.07, 6.45) is -11.2. The summed E-state index contributed by atoms with van der Waals surface area (Å²) >= 11 is 0. The maximum absolute atomic E-state index is 16.4. The number of nitrogens with zero attached hydrogens (tertiary/aromatic N) is 4. The predicted molar refractivity (Wildman–Crippen MR) is 135 cm³/mol. The van der Waals surface area contributed by atoms with Gasteiger partial charge in [0.05, 0.1) is 35.2 Å². The van der Waals surface area contributed by atoms with Crippen molar-refractivity contribution < 1.29 is 44.7 Å². The van der Waals surface area contributed by atoms with Gasteiger partial charge >= 0.3 is 12.4 Å². The average Bonchev–Trinajstić information content (AvgIpc) is 3.62. The highest BCUT2D eigenvalue weighted by atomic mass is 19.4. The first-order valence-electron chi connectivity index (χ1n) is 13.0. The normalized spacial score (nSPS) is 23.2. The Balaban J connectivity index is 1.62. The van der Waals surface area contributed by atoms with E-state index in [9.17, 15) is 35.5 Å². The molecule has 1 aromatic carbocycles. The van der Waals surface area contributed by atoms with E-state index in [0.717, 1.165) is 11.8 Å². The van der Waals surface area contributed by atoms with Gasteiger partial charge in [0.2, 0.25) is 12.0 Å². The van der Waals surface area contributed by atoms with E-state index < -0.39 is 99.3 Å². The monoisotopic (exact) mass is 617 g/mol. The molecule has 43 heavy (non-hydrogen) atoms. The lowest BCUT2D eigenvalue weighted by Gasteiger charge is -2.38. The smallest absolute Gasteiger partial charge is 0.427 e. The zero-order chi connectivity index (χ0) is 31.2. The second-order valence-corrected chi connectivity index (χ2v) is 10.7. The molecule has 230 valence electrons. The number of nitrogen functional groups attached to an aromatic ring is 1. The first-order chi connectivity index (χ1) is 20.1. The Bertz CT molecular complexity index is 1640. The fraction of sp³-hybridized carbons (Fsp3) is 0.423. The lowest BCUT2D eigenvalue weighted by Crippen LogP contribution is -2.61. The molecule has 3 aromatic rings. The molecule has 0 aliphatic carbocycles. The quantitative estimate of drug-likeness (QED) is 0.298. The van der Waals surface area contributed by atoms with E-state index >= 15 is 4.39 Å². The molecular formula is C26H23F8N7O2. The predicted octanol–water partition coefficient (Wildman–Crippen LogP) is 4.16. The van der Waals surface area contributed by atoms with Crippen LogP contribution in [-0.4, -0.2) is 62.5 Å². The second kappa shape index (κ2) is 9.68. The van der Waals surface area contributed by atoms with Gasteiger partial charge in [0, 0.05) is 37.4 Å². The molecule has 5 heterocycles. The van der Waals surface area contributed by atoms with Gasteiger partial charge in [-0.05, 0) is 31.0 Å². The van der Waals surface area contributed by atoms with Crippen molar-refractivity contribution in [3.8, 4) is 17.1 Å². The molecule has 3 aliphatic rings. The van der Waals surface area contributed by atoms with Crippen molar-refractivity contribution in [3.05, 3.63) is 52.3 Å². The Hall–Kier alpha value is -4.15. The van der Waals surface area contributed by atoms with Crippen LogP contribution in [0.2, 0.25) is 0 Å². The number of rotatable bonds is 4. The number of benzene rings is 1. The van der Waals surface area contributed by atoms with E-state index in [0.29, 0.717) is 11.8 Å². The number of halogens is 8. The summed E-state index contributed by atoms with van der Waals surface area (Å²) in [7, 11) is 1.59. The number of piperazine rings is 1. The van der Waals surface area contributed by atoms with Crippen molar-refractivity contribution in [1.29, 1.82) is 0 Å². The Morgan fingerprint density at radius 3 is 2.53 bits per heavy atom. The van der Waals surface area contributed by atoms with Gasteiger partial charge in [-0.3, -0.25) is 9.48 Å². The van der Waals surface area contributed by atoms with Gasteiger partial charge in [-0.1, -0.05) is 0 Å². The number of carbonyl (C=O) groups is 1. The van der Waals surface area contributed by atoms with Gasteiger partial charge in [-0.25, -0.2) is 13.8 Å². The highest BCUT2D eigenvalue weighted by molar-refractivity contribution is 6.04. The highest BCUT2D eigenvalue weighted by Gasteiger charge is 2.62. The molecule has 0 saturated carbocycles. The summed E-state index contributed by atoms with van der Waals surface area (Å²) in [4.78, 5) is 18.7. The summed E-state index contributed by atoms with van der Waals surface area (Å²) in [5.41, 5.74) is -1.15. The number of alkyl halides is 6. The van der Waals surface area contributed by atoms with Crippen LogP contribution in [0, 0.1) is 18.6 Å². The van der Waals surface area contributed by atoms with E-state index in [2.05, 4.69) is 20.7 Å². The molecule has 9 nitrogen and oxygen atoms in total. The summed E-state index contributed by atoms with van der Waals surface area (Å²) in [5, 5.41) is 9.65. The molecule has 3 aliphatic heterocycles. The van der Waals surface area contributed by atoms with Crippen LogP contribution < -0.4 is 21.1 Å². The fourth-order valence-corrected chi connectivity index (χ4v) is 6.17. The van der Waals surface area contributed by atoms with Crippen LogP contribution in [0.15, 0.2) is 18.3 Å². The SMILES string of the molecule is Cc1c(F)c(N)cc(-c2nc3c(c(NCc4ccn(C)n4)c2F)C(=O)N2[C@@H]4CN[C@@H](C4)[C@@H]2[C@@H](C(F)(F)F)O3)c1C(F)(F)F. The number of anilines is 2. The molecule has 0 spiro atoms. The maximum Gasteiger partial charge on any atom is 0.427 e. The lowest BCUT2D eigenvalue weighted by molar-refractivity contribution is -0.210. The fourth-order valence-electron chi connectivity index (χ4n) is 6.17. The van der Waals surface area contributed by atoms with Crippen molar-refractivity contribution in [1.82, 2.24) is 25.0 Å². The molecule has 2 fully saturated rings. The van der Waals surface area contributed by atoms with E-state index in [4.69, 9.17) is 10.5 Å². The van der Waals surface area contributed by atoms with Crippen molar-refractivity contribution in [2.75, 3.05) is 17.6 Å². The summed E-state index contributed by atoms with van der Waals surface area (Å²) in [6.45, 7) is 0.675. The Kier molecular flexibility index (Phi) is 6.52. The van der Waals surface area contributed by atoms with Gasteiger partial charge in [-0.15, -0.1) is 0 Å². The van der Waals surface area contributed by atoms with Gasteiger partial charge in [-0.2, -0.15) is 31.4 Å². The molecule has 2 aromatic heterocycles. The molecule has 1 amide bonds. The highest BCUT2D eigenvalue weighted by Crippen LogP contribution is 2.48. The Morgan fingerprint density at radius 2 is 1.91 bits per heavy atom. The first-order valence-corrected chi connectivity index (χ1v) is 13.0. The first kappa shape index (κ1) is 28.9. The van der Waals surface area contributed by atoms with Crippen LogP contribution in [0.4, 0.5) is 46.5 Å². The van der Waals surface area contributed by atoms with Gasteiger partial charge < -0.3 is 26.0 Å². The minimum absolute atomic E-state index is 0.181. The maximum atomic E-state index is 16.4. The summed E-state index contributed by atoms with van der Waals surface area (Å²) in [6, 6.07) is -1.01. The van der Waals surface area contributed by atoms with Crippen molar-refractivity contribution in [2.24, 2.45) is 7.05 Å². The number of aryl methyl sites for hydroxylation is 1. The van der Waals surface area contributed by atoms with Crippen LogP contribution in [0.25, 0.3) is 11.3 Å². The van der Waals surface area contributed by atoms with Gasteiger partial charge in [0.25, 0.3) is 5.91 Å². The molecule has 0 radical (unpaired) electrons. The number of pyridine rings is 1. The minimum Gasteiger partial charge on any atom is -0.462 e. The number of fused-ring (bicyclic) bond motifs is 6. The summed E-state index contributed by atoms with van der Waals surface area (Å²) < 4.78 is 124. The molecule has 6 rings (SSSR count). The van der Waals surface area contributed by atoms with Crippen LogP contribution in [0.5, 0.6) is 5.88 Å². The lowest BCUT2D eigenvalue weighted by atomic mass is 9.95. The number of nitrogens with one attached hydrogen (secondary N) is 2. The number of carbonyl (C=O) groups excluding carboxylic acids is 1. The second-order valence-electron chi connectivity index (χ2n) is 10.7. The molecular weight excluding hydrogens is 594 g/mol. The van der Waals surface area contributed by atoms with Crippen LogP contribution in [0.1, 0.15) is 33.6 Å². The third-order valence-corrected chi connectivity index (χ3v) is 7.97. The standard InChI is InChI=1S/C26H23F8N7O2/c1-9-16(25(29,30)31)12(6-13(35)17(9)27)19-18(28)20(37-7-10-3-4-40(2)39-10)15-23(38-19)43-22(26(32,33)34)21-14-5-11(8-36-14)41(21)24(15)42/h3-4,6,11,14,21-22,36H,5,7-8,35H2,1-2H3,(H,37,38)/t11-,14-,21+,22-/m0/s1. The number of aromatic nitrogens is 3. The van der Waals surface area contributed by atoms with Gasteiger partial charge in [0.15, 0.2) is 5.82 Å². The average molecular weight is 618 g/mol. The Morgan fingerprint density at radius 1 is 1.19 bits per heavy atom. The van der Waals surface area contributed by atoms with E-state index in [1.54, 1.807) is 13.2 Å². The minimum atomic E-state index is -5.25. The van der Waals surface area contributed by atoms with E-state index in [-0.39, 0.29) is 19.5 Å². The number of nitrogens with two attached hydrogens (primary N) is 1. The third kappa shape index (κ3) is 4.60. The van der Waals surface area contributed by atoms with E-state index in [1.165, 1.54) is 10.7 Å². The molecule has 0 unspecified atom stereocenters. The van der Waals surface area contributed by atoms with Crippen molar-refractivity contribution >= 4 is 17.3 Å². The largest absolute Gasteiger partial charge is 0.462 e. The zero-order valence-electron chi connectivity index (χ0n) is 22.4. The summed E-state index contributed by atoms with van der Waals surface area (Å²) in [5.74, 6) is -4.98. The third-order valence-electron chi connectivity index (χ3n) is 7.97. The number of hydrogen-bond donors (Lipinski definition) is 3.